The number of likely N-dealkylation sites (tertiary alicyclic amines) is 1. The summed E-state index contributed by atoms with van der Waals surface area (Å²) in [6.07, 6.45) is 0. The van der Waals surface area contributed by atoms with Crippen LogP contribution in [0, 0.1) is 10.1 Å². The molecule has 1 aliphatic rings. The predicted octanol–water partition coefficient (Wildman–Crippen LogP) is 2.55. The van der Waals surface area contributed by atoms with Crippen LogP contribution in [0.4, 0.5) is 5.69 Å². The number of carbonyl (C=O) groups is 3. The molecular formula is C23H22ClN3O7. The summed E-state index contributed by atoms with van der Waals surface area (Å²) in [5.74, 6) is -1.37. The van der Waals surface area contributed by atoms with Crippen molar-refractivity contribution in [2.24, 2.45) is 0 Å². The minimum atomic E-state index is -1.15. The van der Waals surface area contributed by atoms with Gasteiger partial charge in [0.25, 0.3) is 17.5 Å². The quantitative estimate of drug-likeness (QED) is 0.104. The van der Waals surface area contributed by atoms with Gasteiger partial charge in [0.2, 0.25) is 0 Å². The van der Waals surface area contributed by atoms with E-state index in [0.717, 1.165) is 4.90 Å². The monoisotopic (exact) mass is 487 g/mol. The van der Waals surface area contributed by atoms with E-state index in [9.17, 15) is 24.5 Å². The SMILES string of the molecule is C=C(C)[C@H](C(=O)OCc1ccc([N+](=O)[O-])cc1)N1C(=O)[C@@H](NC(=O)COc2ccccc2)[C@H]1Cl. The Hall–Kier alpha value is -3.92. The first kappa shape index (κ1) is 24.7. The molecule has 11 heteroatoms. The van der Waals surface area contributed by atoms with Crippen LogP contribution < -0.4 is 10.1 Å². The topological polar surface area (TPSA) is 128 Å². The van der Waals surface area contributed by atoms with Crippen LogP contribution in [0.5, 0.6) is 5.75 Å². The number of nitro benzene ring substituents is 1. The second-order valence-corrected chi connectivity index (χ2v) is 7.99. The maximum absolute atomic E-state index is 12.7. The molecule has 178 valence electrons. The van der Waals surface area contributed by atoms with E-state index in [2.05, 4.69) is 11.9 Å². The smallest absolute Gasteiger partial charge is 0.333 e. The molecule has 0 aliphatic carbocycles. The van der Waals surface area contributed by atoms with Gasteiger partial charge in [-0.2, -0.15) is 0 Å². The van der Waals surface area contributed by atoms with Gasteiger partial charge in [-0.05, 0) is 42.3 Å². The van der Waals surface area contributed by atoms with Gasteiger partial charge in [0, 0.05) is 12.1 Å². The average molecular weight is 488 g/mol. The summed E-state index contributed by atoms with van der Waals surface area (Å²) in [6, 6.07) is 12.0. The highest BCUT2D eigenvalue weighted by Gasteiger charge is 2.52. The predicted molar refractivity (Wildman–Crippen MR) is 122 cm³/mol. The van der Waals surface area contributed by atoms with E-state index in [4.69, 9.17) is 21.1 Å². The van der Waals surface area contributed by atoms with Crippen molar-refractivity contribution in [3.63, 3.8) is 0 Å². The second-order valence-electron chi connectivity index (χ2n) is 7.55. The van der Waals surface area contributed by atoms with E-state index in [1.807, 2.05) is 6.07 Å². The van der Waals surface area contributed by atoms with E-state index in [1.54, 1.807) is 31.2 Å². The molecule has 0 spiro atoms. The zero-order valence-corrected chi connectivity index (χ0v) is 18.9. The Labute approximate surface area is 200 Å². The Balaban J connectivity index is 1.55. The number of alkyl halides is 1. The molecule has 34 heavy (non-hydrogen) atoms. The van der Waals surface area contributed by atoms with Crippen LogP contribution in [0.1, 0.15) is 12.5 Å². The van der Waals surface area contributed by atoms with Crippen molar-refractivity contribution >= 4 is 35.1 Å². The number of β-lactam (4-membered cyclic amide) rings is 1. The van der Waals surface area contributed by atoms with Crippen molar-refractivity contribution in [2.45, 2.75) is 31.1 Å². The molecular weight excluding hydrogens is 466 g/mol. The number of ether oxygens (including phenoxy) is 2. The van der Waals surface area contributed by atoms with Crippen LogP contribution in [-0.4, -0.2) is 51.8 Å². The highest BCUT2D eigenvalue weighted by atomic mass is 35.5. The fourth-order valence-corrected chi connectivity index (χ4v) is 3.64. The number of benzene rings is 2. The zero-order chi connectivity index (χ0) is 24.8. The van der Waals surface area contributed by atoms with Gasteiger partial charge in [0.05, 0.1) is 4.92 Å². The van der Waals surface area contributed by atoms with E-state index < -0.39 is 40.3 Å². The number of carbonyl (C=O) groups excluding carboxylic acids is 3. The summed E-state index contributed by atoms with van der Waals surface area (Å²) in [6.45, 7) is 4.83. The third kappa shape index (κ3) is 5.70. The number of nitro groups is 1. The lowest BCUT2D eigenvalue weighted by molar-refractivity contribution is -0.384. The van der Waals surface area contributed by atoms with Crippen LogP contribution >= 0.6 is 11.6 Å². The molecule has 2 aromatic rings. The summed E-state index contributed by atoms with van der Waals surface area (Å²) in [7, 11) is 0. The minimum Gasteiger partial charge on any atom is -0.484 e. The summed E-state index contributed by atoms with van der Waals surface area (Å²) in [4.78, 5) is 48.8. The van der Waals surface area contributed by atoms with Gasteiger partial charge >= 0.3 is 5.97 Å². The fourth-order valence-electron chi connectivity index (χ4n) is 3.26. The van der Waals surface area contributed by atoms with E-state index in [0.29, 0.717) is 16.9 Å². The number of hydrogen-bond acceptors (Lipinski definition) is 7. The van der Waals surface area contributed by atoms with Crippen molar-refractivity contribution in [3.8, 4) is 5.75 Å². The van der Waals surface area contributed by atoms with E-state index in [1.165, 1.54) is 24.3 Å². The molecule has 3 atom stereocenters. The highest BCUT2D eigenvalue weighted by Crippen LogP contribution is 2.30. The Morgan fingerprint density at radius 1 is 1.21 bits per heavy atom. The van der Waals surface area contributed by atoms with Gasteiger partial charge in [-0.25, -0.2) is 4.79 Å². The average Bonchev–Trinajstić information content (AvgIpc) is 2.83. The largest absolute Gasteiger partial charge is 0.484 e. The fraction of sp³-hybridized carbons (Fsp3) is 0.261. The molecule has 0 aromatic heterocycles. The normalized spacial score (nSPS) is 17.8. The highest BCUT2D eigenvalue weighted by molar-refractivity contribution is 6.27. The number of halogens is 1. The molecule has 0 saturated carbocycles. The number of esters is 1. The number of hydrogen-bond donors (Lipinski definition) is 1. The number of amides is 2. The van der Waals surface area contributed by atoms with Crippen LogP contribution in [0.2, 0.25) is 0 Å². The van der Waals surface area contributed by atoms with Gasteiger partial charge < -0.3 is 19.7 Å². The van der Waals surface area contributed by atoms with E-state index in [-0.39, 0.29) is 18.9 Å². The van der Waals surface area contributed by atoms with Crippen LogP contribution in [0.3, 0.4) is 0 Å². The molecule has 10 nitrogen and oxygen atoms in total. The third-order valence-corrected chi connectivity index (χ3v) is 5.45. The first-order chi connectivity index (χ1) is 16.2. The lowest BCUT2D eigenvalue weighted by Crippen LogP contribution is -2.72. The van der Waals surface area contributed by atoms with Gasteiger partial charge in [-0.1, -0.05) is 36.4 Å². The Bertz CT molecular complexity index is 1090. The van der Waals surface area contributed by atoms with Crippen molar-refractivity contribution in [2.75, 3.05) is 6.61 Å². The van der Waals surface area contributed by atoms with Gasteiger partial charge in [0.15, 0.2) is 12.6 Å². The van der Waals surface area contributed by atoms with Gasteiger partial charge in [-0.15, -0.1) is 0 Å². The standard InChI is InChI=1S/C23H22ClN3O7/c1-14(2)20(23(30)34-12-15-8-10-16(11-9-15)27(31)32)26-21(24)19(22(26)29)25-18(28)13-33-17-6-4-3-5-7-17/h3-11,19-21H,1,12-13H2,2H3,(H,25,28)/t19-,20+,21-/m0/s1. The lowest BCUT2D eigenvalue weighted by atomic mass is 9.99. The zero-order valence-electron chi connectivity index (χ0n) is 18.2. The number of nitrogens with one attached hydrogen (secondary N) is 1. The summed E-state index contributed by atoms with van der Waals surface area (Å²) in [5, 5.41) is 13.2. The first-order valence-corrected chi connectivity index (χ1v) is 10.6. The van der Waals surface area contributed by atoms with Crippen molar-refractivity contribution in [1.29, 1.82) is 0 Å². The molecule has 0 bridgehead atoms. The number of non-ortho nitro benzene ring substituents is 1. The van der Waals surface area contributed by atoms with Crippen LogP contribution in [0.25, 0.3) is 0 Å². The lowest BCUT2D eigenvalue weighted by Gasteiger charge is -2.47. The number of para-hydroxylation sites is 1. The molecule has 1 aliphatic heterocycles. The molecule has 3 rings (SSSR count). The molecule has 0 radical (unpaired) electrons. The molecule has 2 amide bonds. The molecule has 1 fully saturated rings. The van der Waals surface area contributed by atoms with Crippen molar-refractivity contribution < 1.29 is 28.8 Å². The number of nitrogens with zero attached hydrogens (tertiary/aromatic N) is 2. The molecule has 1 N–H and O–H groups in total. The molecule has 2 aromatic carbocycles. The minimum absolute atomic E-state index is 0.0895. The van der Waals surface area contributed by atoms with Gasteiger partial charge in [-0.3, -0.25) is 19.7 Å². The van der Waals surface area contributed by atoms with Crippen LogP contribution in [-0.2, 0) is 25.7 Å². The second kappa shape index (κ2) is 10.8. The number of rotatable bonds is 10. The molecule has 1 saturated heterocycles. The Kier molecular flexibility index (Phi) is 7.85. The first-order valence-electron chi connectivity index (χ1n) is 10.2. The molecule has 0 unspecified atom stereocenters. The summed E-state index contributed by atoms with van der Waals surface area (Å²) in [5.41, 5.74) is -0.236. The Morgan fingerprint density at radius 3 is 2.41 bits per heavy atom. The van der Waals surface area contributed by atoms with Crippen LogP contribution in [0.15, 0.2) is 66.7 Å². The summed E-state index contributed by atoms with van der Waals surface area (Å²) >= 11 is 6.32. The van der Waals surface area contributed by atoms with Crippen molar-refractivity contribution in [3.05, 3.63) is 82.4 Å². The maximum Gasteiger partial charge on any atom is 0.333 e. The summed E-state index contributed by atoms with van der Waals surface area (Å²) < 4.78 is 10.6. The Morgan fingerprint density at radius 2 is 1.85 bits per heavy atom. The molecule has 1 heterocycles. The van der Waals surface area contributed by atoms with Gasteiger partial charge in [0.1, 0.15) is 23.9 Å². The maximum atomic E-state index is 12.7. The van der Waals surface area contributed by atoms with Crippen molar-refractivity contribution in [1.82, 2.24) is 10.2 Å². The third-order valence-electron chi connectivity index (χ3n) is 4.99. The van der Waals surface area contributed by atoms with E-state index >= 15 is 0 Å².